The van der Waals surface area contributed by atoms with Crippen molar-refractivity contribution in [3.05, 3.63) is 307 Å². The van der Waals surface area contributed by atoms with Crippen molar-refractivity contribution >= 4 is 81.0 Å². The number of nitrogens with zero attached hydrogens (tertiary/aromatic N) is 7. The molecule has 4 saturated heterocycles. The van der Waals surface area contributed by atoms with E-state index in [0.717, 1.165) is 104 Å². The van der Waals surface area contributed by atoms with Gasteiger partial charge in [0.2, 0.25) is 11.8 Å². The summed E-state index contributed by atoms with van der Waals surface area (Å²) < 4.78 is 10.9. The monoisotopic (exact) mass is 1610 g/mol. The van der Waals surface area contributed by atoms with Crippen LogP contribution < -0.4 is 51.2 Å². The average molecular weight is 1610 g/mol. The molecule has 4 aliphatic rings. The van der Waals surface area contributed by atoms with Gasteiger partial charge in [-0.05, 0) is 114 Å². The van der Waals surface area contributed by atoms with Gasteiger partial charge in [-0.25, -0.2) is 0 Å². The predicted molar refractivity (Wildman–Crippen MR) is 450 cm³/mol. The van der Waals surface area contributed by atoms with Crippen LogP contribution in [0.5, 0.6) is 17.2 Å². The maximum absolute atomic E-state index is 11.4. The number of carbonyl (C=O) groups excluding carboxylic acids is 2. The lowest BCUT2D eigenvalue weighted by atomic mass is 9.93. The Kier molecular flexibility index (Phi) is 30.2. The summed E-state index contributed by atoms with van der Waals surface area (Å²) in [5.74, 6) is 0.485. The van der Waals surface area contributed by atoms with Crippen LogP contribution in [0.15, 0.2) is 237 Å². The van der Waals surface area contributed by atoms with Gasteiger partial charge in [0.05, 0.1) is 98.1 Å². The molecule has 0 aliphatic carbocycles. The minimum absolute atomic E-state index is 0.00670. The van der Waals surface area contributed by atoms with E-state index in [0.29, 0.717) is 81.1 Å². The van der Waals surface area contributed by atoms with Gasteiger partial charge in [-0.1, -0.05) is 186 Å². The number of carbonyl (C=O) groups is 2. The van der Waals surface area contributed by atoms with Crippen LogP contribution >= 0.6 is 46.4 Å². The van der Waals surface area contributed by atoms with Gasteiger partial charge in [-0.2, -0.15) is 0 Å². The lowest BCUT2D eigenvalue weighted by Gasteiger charge is -2.45. The van der Waals surface area contributed by atoms with Crippen LogP contribution in [0.3, 0.4) is 0 Å². The number of phenolic OH excluding ortho intramolecular Hbond substituents is 1. The van der Waals surface area contributed by atoms with Crippen LogP contribution in [-0.2, 0) is 17.8 Å². The van der Waals surface area contributed by atoms with Crippen molar-refractivity contribution < 1.29 is 49.7 Å². The van der Waals surface area contributed by atoms with Gasteiger partial charge in [0.15, 0.2) is 0 Å². The molecule has 594 valence electrons. The van der Waals surface area contributed by atoms with E-state index in [9.17, 15) is 30.0 Å². The molecule has 0 spiro atoms. The van der Waals surface area contributed by atoms with Crippen molar-refractivity contribution in [2.24, 2.45) is 11.5 Å². The van der Waals surface area contributed by atoms with Crippen LogP contribution in [-0.4, -0.2) is 175 Å². The number of piperazine rings is 4. The normalized spacial score (nSPS) is 18.3. The van der Waals surface area contributed by atoms with E-state index >= 15 is 0 Å². The smallest absolute Gasteiger partial charge is 0.248 e. The minimum Gasteiger partial charge on any atom is -0.508 e. The van der Waals surface area contributed by atoms with Crippen molar-refractivity contribution in [3.63, 3.8) is 0 Å². The fourth-order valence-electron chi connectivity index (χ4n) is 14.8. The van der Waals surface area contributed by atoms with E-state index in [4.69, 9.17) is 77.6 Å². The Bertz CT molecular complexity index is 4690. The molecule has 4 fully saturated rings. The number of pyridine rings is 1. The molecule has 9 aromatic carbocycles. The third-order valence-electron chi connectivity index (χ3n) is 20.6. The molecule has 12 N–H and O–H groups in total. The number of aliphatic hydroxyl groups is 5. The van der Waals surface area contributed by atoms with Gasteiger partial charge in [0.1, 0.15) is 36.1 Å². The fourth-order valence-corrected chi connectivity index (χ4v) is 16.0. The molecule has 21 nitrogen and oxygen atoms in total. The van der Waals surface area contributed by atoms with Gasteiger partial charge in [0.25, 0.3) is 0 Å². The molecule has 4 aliphatic heterocycles. The maximum Gasteiger partial charge on any atom is 0.248 e. The number of ether oxygens (including phenoxy) is 2. The van der Waals surface area contributed by atoms with Gasteiger partial charge in [-0.15, -0.1) is 0 Å². The number of nitrogens with two attached hydrogens (primary N) is 2. The Labute approximate surface area is 681 Å². The molecular formula is C88H99Cl4N11O10. The molecule has 25 heteroatoms. The van der Waals surface area contributed by atoms with Gasteiger partial charge in [0, 0.05) is 133 Å². The van der Waals surface area contributed by atoms with Crippen molar-refractivity contribution in [1.29, 1.82) is 0 Å². The SMILES string of the molecule is C[C@@](O)(CN1CCN(c2ccc(O)cc2Cl)[C@H](c2ccccc2)C1)c1ccc(CO)nc1.C[C@@](O)(CN1CCN(c2ccc(OCCO)cc2Cl)[C@H](c2ccccc2)C1)c1ccc(C(N)=O)cc1.NC(=O)c1ccc(N2CCNC[C@H]2c2ccccc2)c(Cl)c1.OCCOc1ccc(N2CCNC[C@H]2c2ccccc2)c(Cl)c1. The van der Waals surface area contributed by atoms with E-state index < -0.39 is 23.0 Å². The molecule has 14 rings (SSSR count). The quantitative estimate of drug-likeness (QED) is 0.0285. The number of aromatic hydroxyl groups is 1. The molecular weight excluding hydrogens is 1510 g/mol. The number of aliphatic hydroxyl groups excluding tert-OH is 3. The zero-order chi connectivity index (χ0) is 80.0. The second-order valence-corrected chi connectivity index (χ2v) is 30.2. The second kappa shape index (κ2) is 40.5. The summed E-state index contributed by atoms with van der Waals surface area (Å²) in [5.41, 5.74) is 19.9. The lowest BCUT2D eigenvalue weighted by molar-refractivity contribution is 0.00974. The molecule has 0 bridgehead atoms. The molecule has 2 amide bonds. The van der Waals surface area contributed by atoms with E-state index in [1.165, 1.54) is 11.1 Å². The number of anilines is 4. The molecule has 10 aromatic rings. The first kappa shape index (κ1) is 84.4. The van der Waals surface area contributed by atoms with Crippen LogP contribution in [0.1, 0.15) is 97.8 Å². The highest BCUT2D eigenvalue weighted by molar-refractivity contribution is 6.34. The molecule has 113 heavy (non-hydrogen) atoms. The zero-order valence-corrected chi connectivity index (χ0v) is 66.4. The highest BCUT2D eigenvalue weighted by Crippen LogP contribution is 2.42. The van der Waals surface area contributed by atoms with E-state index in [1.807, 2.05) is 109 Å². The predicted octanol–water partition coefficient (Wildman–Crippen LogP) is 12.7. The van der Waals surface area contributed by atoms with Crippen LogP contribution in [0, 0.1) is 0 Å². The summed E-state index contributed by atoms with van der Waals surface area (Å²) in [6.07, 6.45) is 1.63. The molecule has 0 unspecified atom stereocenters. The minimum atomic E-state index is -1.11. The van der Waals surface area contributed by atoms with Crippen molar-refractivity contribution in [3.8, 4) is 17.2 Å². The van der Waals surface area contributed by atoms with Crippen molar-refractivity contribution in [2.75, 3.05) is 138 Å². The Hall–Kier alpha value is -9.53. The number of benzene rings is 9. The third-order valence-corrected chi connectivity index (χ3v) is 21.8. The Morgan fingerprint density at radius 1 is 0.451 bits per heavy atom. The number of primary amides is 2. The Morgan fingerprint density at radius 3 is 1.20 bits per heavy atom. The summed E-state index contributed by atoms with van der Waals surface area (Å²) >= 11 is 26.0. The first-order valence-electron chi connectivity index (χ1n) is 37.8. The highest BCUT2D eigenvalue weighted by Gasteiger charge is 2.37. The molecule has 6 atom stereocenters. The number of hydrogen-bond acceptors (Lipinski definition) is 19. The van der Waals surface area contributed by atoms with E-state index in [2.05, 4.69) is 106 Å². The maximum atomic E-state index is 11.4. The van der Waals surface area contributed by atoms with Crippen molar-refractivity contribution in [2.45, 2.75) is 55.8 Å². The van der Waals surface area contributed by atoms with Crippen LogP contribution in [0.2, 0.25) is 20.1 Å². The summed E-state index contributed by atoms with van der Waals surface area (Å²) in [4.78, 5) is 40.6. The molecule has 0 saturated carbocycles. The number of nitrogens with one attached hydrogen (secondary N) is 2. The number of rotatable bonds is 23. The average Bonchev–Trinajstić information content (AvgIpc) is 0.759. The summed E-state index contributed by atoms with van der Waals surface area (Å²) in [6.45, 7) is 14.4. The standard InChI is InChI=1S/C28H32ClN3O4.C25H28ClN3O3.C18H21ClN2O2.C17H18ClN3O/c1-28(35,22-9-7-21(8-10-22)27(30)34)19-31-13-14-32(26(18-31)20-5-3-2-4-6-20)25-12-11-23(17-24(25)29)36-16-15-33;1-25(32,19-7-8-20(16-30)27-14-19)17-28-11-12-29(23-10-9-21(31)13-22(23)26)24(15-28)18-5-3-2-4-6-18;19-16-12-15(23-11-10-22)6-7-17(16)21-9-8-20-13-18(21)14-4-2-1-3-5-14;18-14-10-13(17(19)22)6-7-15(14)21-9-8-20-11-16(21)12-4-2-1-3-5-12/h2-12,17,26,33,35H,13-16,18-19H2,1H3,(H2,30,34);2-10,13-14,24,30-32H,11-12,15-17H2,1H3;1-7,12,18,20,22H,8-11,13H2;1-7,10,16,20H,8-9,11H2,(H2,19,22)/t26-,28+;24-,25+;18-;16-/m0000/s1. The number of phenols is 1. The number of β-amino-alcohol motifs (C(OH)–C–C–N with tert-alkyl or cyclic N) is 2. The summed E-state index contributed by atoms with van der Waals surface area (Å²) in [6, 6.07) is 73.8. The van der Waals surface area contributed by atoms with Crippen molar-refractivity contribution in [1.82, 2.24) is 25.4 Å². The first-order chi connectivity index (χ1) is 54.6. The van der Waals surface area contributed by atoms with E-state index in [1.54, 1.807) is 80.7 Å². The van der Waals surface area contributed by atoms with Crippen LogP contribution in [0.25, 0.3) is 0 Å². The number of hydrogen-bond donors (Lipinski definition) is 10. The van der Waals surface area contributed by atoms with Gasteiger partial charge < -0.3 is 81.8 Å². The Balaban J connectivity index is 0.000000152. The first-order valence-corrected chi connectivity index (χ1v) is 39.3. The number of aromatic nitrogens is 1. The third kappa shape index (κ3) is 22.5. The second-order valence-electron chi connectivity index (χ2n) is 28.6. The van der Waals surface area contributed by atoms with E-state index in [-0.39, 0.29) is 63.0 Å². The fraction of sp³-hybridized carbons (Fsp3) is 0.307. The number of halogens is 4. The van der Waals surface area contributed by atoms with Crippen LogP contribution in [0.4, 0.5) is 22.7 Å². The summed E-state index contributed by atoms with van der Waals surface area (Å²) in [7, 11) is 0. The molecule has 5 heterocycles. The largest absolute Gasteiger partial charge is 0.508 e. The number of amides is 2. The summed E-state index contributed by atoms with van der Waals surface area (Å²) in [5, 5.41) is 68.6. The lowest BCUT2D eigenvalue weighted by Crippen LogP contribution is -2.52. The zero-order valence-electron chi connectivity index (χ0n) is 63.4. The van der Waals surface area contributed by atoms with Gasteiger partial charge in [-0.3, -0.25) is 24.4 Å². The highest BCUT2D eigenvalue weighted by atomic mass is 35.5. The Morgan fingerprint density at radius 2 is 0.823 bits per heavy atom. The molecule has 1 aromatic heterocycles. The van der Waals surface area contributed by atoms with Gasteiger partial charge >= 0.3 is 0 Å². The topological polar surface area (TPSA) is 282 Å². The molecule has 0 radical (unpaired) electrons.